The summed E-state index contributed by atoms with van der Waals surface area (Å²) in [5.74, 6) is 1.47. The standard InChI is InChI=1S/C14H19NO3/c1-10-9-15(5-4-6-16)12-8-14(18-3)13(17-2)7-11(10)12/h7-9,16H,4-6H2,1-3H3. The lowest BCUT2D eigenvalue weighted by Crippen LogP contribution is -1.99. The minimum Gasteiger partial charge on any atom is -0.493 e. The Morgan fingerprint density at radius 2 is 1.83 bits per heavy atom. The molecule has 0 amide bonds. The molecule has 0 fully saturated rings. The Bertz CT molecular complexity index is 545. The molecule has 1 aromatic carbocycles. The van der Waals surface area contributed by atoms with Gasteiger partial charge in [0.15, 0.2) is 11.5 Å². The normalized spacial score (nSPS) is 10.9. The lowest BCUT2D eigenvalue weighted by atomic mass is 10.2. The van der Waals surface area contributed by atoms with Crippen molar-refractivity contribution < 1.29 is 14.6 Å². The summed E-state index contributed by atoms with van der Waals surface area (Å²) >= 11 is 0. The average molecular weight is 249 g/mol. The molecular weight excluding hydrogens is 230 g/mol. The van der Waals surface area contributed by atoms with Gasteiger partial charge in [-0.3, -0.25) is 0 Å². The summed E-state index contributed by atoms with van der Waals surface area (Å²) in [5, 5.41) is 10.1. The molecule has 18 heavy (non-hydrogen) atoms. The van der Waals surface area contributed by atoms with E-state index in [1.54, 1.807) is 14.2 Å². The van der Waals surface area contributed by atoms with Crippen molar-refractivity contribution in [3.8, 4) is 11.5 Å². The molecular formula is C14H19NO3. The molecule has 2 aromatic rings. The molecule has 0 unspecified atom stereocenters. The zero-order valence-corrected chi connectivity index (χ0v) is 11.1. The Morgan fingerprint density at radius 3 is 2.44 bits per heavy atom. The van der Waals surface area contributed by atoms with E-state index in [9.17, 15) is 0 Å². The lowest BCUT2D eigenvalue weighted by molar-refractivity contribution is 0.280. The highest BCUT2D eigenvalue weighted by molar-refractivity contribution is 5.87. The van der Waals surface area contributed by atoms with Crippen LogP contribution in [-0.4, -0.2) is 30.5 Å². The van der Waals surface area contributed by atoms with E-state index in [-0.39, 0.29) is 6.61 Å². The van der Waals surface area contributed by atoms with Gasteiger partial charge in [-0.05, 0) is 25.0 Å². The molecule has 1 heterocycles. The number of methoxy groups -OCH3 is 2. The van der Waals surface area contributed by atoms with Gasteiger partial charge in [0, 0.05) is 30.8 Å². The van der Waals surface area contributed by atoms with E-state index in [0.29, 0.717) is 0 Å². The number of nitrogens with zero attached hydrogens (tertiary/aromatic N) is 1. The second-order valence-electron chi connectivity index (χ2n) is 4.31. The first-order valence-electron chi connectivity index (χ1n) is 6.03. The molecule has 98 valence electrons. The predicted octanol–water partition coefficient (Wildman–Crippen LogP) is 2.35. The maximum atomic E-state index is 8.93. The summed E-state index contributed by atoms with van der Waals surface area (Å²) in [4.78, 5) is 0. The molecule has 0 aliphatic heterocycles. The number of hydrogen-bond acceptors (Lipinski definition) is 3. The van der Waals surface area contributed by atoms with Crippen molar-refractivity contribution in [3.63, 3.8) is 0 Å². The summed E-state index contributed by atoms with van der Waals surface area (Å²) in [6.45, 7) is 3.08. The van der Waals surface area contributed by atoms with E-state index >= 15 is 0 Å². The fourth-order valence-corrected chi connectivity index (χ4v) is 2.22. The lowest BCUT2D eigenvalue weighted by Gasteiger charge is -2.09. The molecule has 0 radical (unpaired) electrons. The Balaban J connectivity index is 2.55. The monoisotopic (exact) mass is 249 g/mol. The highest BCUT2D eigenvalue weighted by Gasteiger charge is 2.11. The molecule has 0 aliphatic carbocycles. The Labute approximate surface area is 107 Å². The molecule has 1 aromatic heterocycles. The van der Waals surface area contributed by atoms with Gasteiger partial charge in [-0.1, -0.05) is 0 Å². The number of aryl methyl sites for hydroxylation is 2. The third kappa shape index (κ3) is 2.16. The van der Waals surface area contributed by atoms with Crippen molar-refractivity contribution in [2.45, 2.75) is 19.9 Å². The number of fused-ring (bicyclic) bond motifs is 1. The van der Waals surface area contributed by atoms with Crippen molar-refractivity contribution in [2.24, 2.45) is 0 Å². The first kappa shape index (κ1) is 12.8. The van der Waals surface area contributed by atoms with E-state index in [1.165, 1.54) is 5.56 Å². The minimum atomic E-state index is 0.200. The fraction of sp³-hybridized carbons (Fsp3) is 0.429. The molecule has 0 bridgehead atoms. The quantitative estimate of drug-likeness (QED) is 0.884. The van der Waals surface area contributed by atoms with Crippen molar-refractivity contribution in [1.82, 2.24) is 4.57 Å². The Kier molecular flexibility index (Phi) is 3.77. The van der Waals surface area contributed by atoms with Gasteiger partial charge in [0.05, 0.1) is 19.7 Å². The van der Waals surface area contributed by atoms with Gasteiger partial charge in [0.25, 0.3) is 0 Å². The third-order valence-corrected chi connectivity index (χ3v) is 3.14. The van der Waals surface area contributed by atoms with Gasteiger partial charge in [-0.15, -0.1) is 0 Å². The second kappa shape index (κ2) is 5.31. The molecule has 0 atom stereocenters. The number of aliphatic hydroxyl groups excluding tert-OH is 1. The van der Waals surface area contributed by atoms with Crippen LogP contribution in [-0.2, 0) is 6.54 Å². The molecule has 4 heteroatoms. The van der Waals surface area contributed by atoms with Gasteiger partial charge in [-0.25, -0.2) is 0 Å². The molecule has 0 aliphatic rings. The molecule has 2 rings (SSSR count). The van der Waals surface area contributed by atoms with E-state index in [2.05, 4.69) is 17.7 Å². The maximum Gasteiger partial charge on any atom is 0.162 e. The van der Waals surface area contributed by atoms with Crippen LogP contribution < -0.4 is 9.47 Å². The van der Waals surface area contributed by atoms with Crippen LogP contribution in [0.3, 0.4) is 0 Å². The second-order valence-corrected chi connectivity index (χ2v) is 4.31. The van der Waals surface area contributed by atoms with Crippen LogP contribution in [0.4, 0.5) is 0 Å². The van der Waals surface area contributed by atoms with Gasteiger partial charge in [0.2, 0.25) is 0 Å². The van der Waals surface area contributed by atoms with E-state index < -0.39 is 0 Å². The average Bonchev–Trinajstić information content (AvgIpc) is 2.71. The van der Waals surface area contributed by atoms with Crippen LogP contribution in [0.2, 0.25) is 0 Å². The minimum absolute atomic E-state index is 0.200. The highest BCUT2D eigenvalue weighted by atomic mass is 16.5. The number of benzene rings is 1. The van der Waals surface area contributed by atoms with Gasteiger partial charge in [-0.2, -0.15) is 0 Å². The topological polar surface area (TPSA) is 43.6 Å². The van der Waals surface area contributed by atoms with Crippen LogP contribution >= 0.6 is 0 Å². The van der Waals surface area contributed by atoms with Crippen LogP contribution in [0.15, 0.2) is 18.3 Å². The molecule has 0 saturated carbocycles. The van der Waals surface area contributed by atoms with Crippen molar-refractivity contribution >= 4 is 10.9 Å². The fourth-order valence-electron chi connectivity index (χ4n) is 2.22. The first-order valence-corrected chi connectivity index (χ1v) is 6.03. The van der Waals surface area contributed by atoms with E-state index in [4.69, 9.17) is 14.6 Å². The molecule has 1 N–H and O–H groups in total. The van der Waals surface area contributed by atoms with Gasteiger partial charge < -0.3 is 19.1 Å². The van der Waals surface area contributed by atoms with Crippen LogP contribution in [0.5, 0.6) is 11.5 Å². The van der Waals surface area contributed by atoms with E-state index in [0.717, 1.165) is 35.4 Å². The summed E-state index contributed by atoms with van der Waals surface area (Å²) in [6.07, 6.45) is 2.84. The molecule has 0 saturated heterocycles. The number of aromatic nitrogens is 1. The number of rotatable bonds is 5. The SMILES string of the molecule is COc1cc2c(C)cn(CCCO)c2cc1OC. The highest BCUT2D eigenvalue weighted by Crippen LogP contribution is 2.34. The summed E-state index contributed by atoms with van der Waals surface area (Å²) in [7, 11) is 3.28. The zero-order chi connectivity index (χ0) is 13.1. The third-order valence-electron chi connectivity index (χ3n) is 3.14. The van der Waals surface area contributed by atoms with E-state index in [1.807, 2.05) is 12.1 Å². The Morgan fingerprint density at radius 1 is 1.17 bits per heavy atom. The van der Waals surface area contributed by atoms with Crippen molar-refractivity contribution in [3.05, 3.63) is 23.9 Å². The van der Waals surface area contributed by atoms with Crippen molar-refractivity contribution in [2.75, 3.05) is 20.8 Å². The van der Waals surface area contributed by atoms with Gasteiger partial charge >= 0.3 is 0 Å². The zero-order valence-electron chi connectivity index (χ0n) is 11.1. The maximum absolute atomic E-state index is 8.93. The number of aliphatic hydroxyl groups is 1. The molecule has 0 spiro atoms. The summed E-state index contributed by atoms with van der Waals surface area (Å²) < 4.78 is 12.8. The first-order chi connectivity index (χ1) is 8.71. The smallest absolute Gasteiger partial charge is 0.162 e. The largest absolute Gasteiger partial charge is 0.493 e. The summed E-state index contributed by atoms with van der Waals surface area (Å²) in [5.41, 5.74) is 2.31. The van der Waals surface area contributed by atoms with Crippen molar-refractivity contribution in [1.29, 1.82) is 0 Å². The van der Waals surface area contributed by atoms with Crippen LogP contribution in [0.1, 0.15) is 12.0 Å². The summed E-state index contributed by atoms with van der Waals surface area (Å²) in [6, 6.07) is 3.98. The molecule has 4 nitrogen and oxygen atoms in total. The predicted molar refractivity (Wildman–Crippen MR) is 71.5 cm³/mol. The van der Waals surface area contributed by atoms with Crippen LogP contribution in [0.25, 0.3) is 10.9 Å². The van der Waals surface area contributed by atoms with Crippen LogP contribution in [0, 0.1) is 6.92 Å². The number of ether oxygens (including phenoxy) is 2. The Hall–Kier alpha value is -1.68. The van der Waals surface area contributed by atoms with Gasteiger partial charge in [0.1, 0.15) is 0 Å². The number of hydrogen-bond donors (Lipinski definition) is 1.